The Labute approximate surface area is 132 Å². The largest absolute Gasteiger partial charge is 0.376 e. The van der Waals surface area contributed by atoms with Crippen LogP contribution < -0.4 is 0 Å². The summed E-state index contributed by atoms with van der Waals surface area (Å²) in [4.78, 5) is 18.6. The monoisotopic (exact) mass is 351 g/mol. The molecule has 0 bridgehead atoms. The van der Waals surface area contributed by atoms with Crippen molar-refractivity contribution < 1.29 is 9.53 Å². The standard InChI is InChI=1S/C15H18BrN3O2/c1-18(5-6-21-12-3-4-12)15(20)13-8-10-7-11(16)9-17-14(10)19(13)2/h7-9,12H,3-6H2,1-2H3. The molecule has 2 aromatic rings. The Bertz CT molecular complexity index is 679. The maximum Gasteiger partial charge on any atom is 0.270 e. The molecule has 0 radical (unpaired) electrons. The Kier molecular flexibility index (Phi) is 3.99. The Balaban J connectivity index is 1.74. The lowest BCUT2D eigenvalue weighted by atomic mass is 10.3. The molecule has 1 fully saturated rings. The van der Waals surface area contributed by atoms with Crippen LogP contribution >= 0.6 is 15.9 Å². The van der Waals surface area contributed by atoms with Crippen LogP contribution in [0.3, 0.4) is 0 Å². The van der Waals surface area contributed by atoms with Crippen LogP contribution in [0, 0.1) is 0 Å². The van der Waals surface area contributed by atoms with E-state index in [0.29, 0.717) is 24.9 Å². The molecule has 0 aliphatic heterocycles. The number of aromatic nitrogens is 2. The molecule has 0 unspecified atom stereocenters. The van der Waals surface area contributed by atoms with Crippen LogP contribution in [0.25, 0.3) is 11.0 Å². The van der Waals surface area contributed by atoms with E-state index in [2.05, 4.69) is 20.9 Å². The van der Waals surface area contributed by atoms with Gasteiger partial charge in [-0.2, -0.15) is 0 Å². The lowest BCUT2D eigenvalue weighted by Crippen LogP contribution is -2.31. The summed E-state index contributed by atoms with van der Waals surface area (Å²) < 4.78 is 8.34. The van der Waals surface area contributed by atoms with Crippen molar-refractivity contribution in [3.63, 3.8) is 0 Å². The first-order chi connectivity index (χ1) is 10.1. The second kappa shape index (κ2) is 5.77. The molecule has 0 spiro atoms. The number of hydrogen-bond acceptors (Lipinski definition) is 3. The summed E-state index contributed by atoms with van der Waals surface area (Å²) >= 11 is 3.40. The molecule has 5 nitrogen and oxygen atoms in total. The van der Waals surface area contributed by atoms with Crippen molar-refractivity contribution in [3.8, 4) is 0 Å². The minimum absolute atomic E-state index is 0.00832. The number of rotatable bonds is 5. The van der Waals surface area contributed by atoms with Gasteiger partial charge in [0.2, 0.25) is 0 Å². The van der Waals surface area contributed by atoms with Gasteiger partial charge in [0.05, 0.1) is 12.7 Å². The smallest absolute Gasteiger partial charge is 0.270 e. The highest BCUT2D eigenvalue weighted by Crippen LogP contribution is 2.23. The highest BCUT2D eigenvalue weighted by molar-refractivity contribution is 9.10. The molecule has 6 heteroatoms. The third kappa shape index (κ3) is 3.11. The molecular formula is C15H18BrN3O2. The van der Waals surface area contributed by atoms with Crippen LogP contribution in [0.4, 0.5) is 0 Å². The maximum absolute atomic E-state index is 12.5. The molecule has 3 rings (SSSR count). The molecule has 21 heavy (non-hydrogen) atoms. The van der Waals surface area contributed by atoms with E-state index in [1.807, 2.05) is 23.7 Å². The predicted octanol–water partition coefficient (Wildman–Crippen LogP) is 2.59. The van der Waals surface area contributed by atoms with E-state index in [0.717, 1.165) is 28.3 Å². The Morgan fingerprint density at radius 1 is 1.52 bits per heavy atom. The zero-order valence-corrected chi connectivity index (χ0v) is 13.8. The topological polar surface area (TPSA) is 47.4 Å². The van der Waals surface area contributed by atoms with E-state index in [9.17, 15) is 4.79 Å². The average molecular weight is 352 g/mol. The average Bonchev–Trinajstić information content (AvgIpc) is 3.22. The molecule has 2 heterocycles. The van der Waals surface area contributed by atoms with Gasteiger partial charge in [-0.1, -0.05) is 0 Å². The number of fused-ring (bicyclic) bond motifs is 1. The number of halogens is 1. The SMILES string of the molecule is CN(CCOC1CC1)C(=O)c1cc2cc(Br)cnc2n1C. The van der Waals surface area contributed by atoms with Crippen LogP contribution in [-0.2, 0) is 11.8 Å². The Morgan fingerprint density at radius 3 is 3.00 bits per heavy atom. The number of carbonyl (C=O) groups excluding carboxylic acids is 1. The molecule has 1 aliphatic rings. The van der Waals surface area contributed by atoms with E-state index in [1.165, 1.54) is 0 Å². The maximum atomic E-state index is 12.5. The number of ether oxygens (including phenoxy) is 1. The molecule has 112 valence electrons. The van der Waals surface area contributed by atoms with Crippen molar-refractivity contribution in [3.05, 3.63) is 28.5 Å². The summed E-state index contributed by atoms with van der Waals surface area (Å²) in [6, 6.07) is 3.85. The van der Waals surface area contributed by atoms with Crippen molar-refractivity contribution >= 4 is 32.9 Å². The number of nitrogens with zero attached hydrogens (tertiary/aromatic N) is 3. The molecule has 1 saturated carbocycles. The molecule has 0 aromatic carbocycles. The first-order valence-corrected chi connectivity index (χ1v) is 7.83. The molecule has 1 amide bonds. The van der Waals surface area contributed by atoms with Gasteiger partial charge in [0.25, 0.3) is 5.91 Å². The number of hydrogen-bond donors (Lipinski definition) is 0. The lowest BCUT2D eigenvalue weighted by molar-refractivity contribution is 0.0660. The van der Waals surface area contributed by atoms with Gasteiger partial charge in [0.1, 0.15) is 11.3 Å². The number of pyridine rings is 1. The quantitative estimate of drug-likeness (QED) is 0.831. The van der Waals surface area contributed by atoms with Gasteiger partial charge < -0.3 is 14.2 Å². The molecule has 2 aromatic heterocycles. The summed E-state index contributed by atoms with van der Waals surface area (Å²) in [7, 11) is 3.67. The summed E-state index contributed by atoms with van der Waals surface area (Å²) in [5.41, 5.74) is 1.45. The number of amides is 1. The molecular weight excluding hydrogens is 334 g/mol. The Hall–Kier alpha value is -1.40. The van der Waals surface area contributed by atoms with Crippen LogP contribution in [0.15, 0.2) is 22.8 Å². The highest BCUT2D eigenvalue weighted by Gasteiger charge is 2.23. The minimum Gasteiger partial charge on any atom is -0.376 e. The second-order valence-corrected chi connectivity index (χ2v) is 6.37. The first-order valence-electron chi connectivity index (χ1n) is 7.04. The zero-order chi connectivity index (χ0) is 15.0. The zero-order valence-electron chi connectivity index (χ0n) is 12.2. The van der Waals surface area contributed by atoms with Crippen LogP contribution in [0.1, 0.15) is 23.3 Å². The molecule has 0 saturated heterocycles. The van der Waals surface area contributed by atoms with Gasteiger partial charge in [-0.25, -0.2) is 4.98 Å². The Morgan fingerprint density at radius 2 is 2.29 bits per heavy atom. The summed E-state index contributed by atoms with van der Waals surface area (Å²) in [6.45, 7) is 1.20. The van der Waals surface area contributed by atoms with E-state index in [1.54, 1.807) is 18.1 Å². The first kappa shape index (κ1) is 14.5. The number of carbonyl (C=O) groups is 1. The second-order valence-electron chi connectivity index (χ2n) is 5.45. The fraction of sp³-hybridized carbons (Fsp3) is 0.467. The summed E-state index contributed by atoms with van der Waals surface area (Å²) in [5, 5.41) is 0.956. The predicted molar refractivity (Wildman–Crippen MR) is 84.3 cm³/mol. The van der Waals surface area contributed by atoms with Gasteiger partial charge in [-0.3, -0.25) is 4.79 Å². The van der Waals surface area contributed by atoms with E-state index in [-0.39, 0.29) is 5.91 Å². The third-order valence-electron chi connectivity index (χ3n) is 3.70. The van der Waals surface area contributed by atoms with Crippen LogP contribution in [0.5, 0.6) is 0 Å². The van der Waals surface area contributed by atoms with Crippen molar-refractivity contribution in [2.45, 2.75) is 18.9 Å². The summed E-state index contributed by atoms with van der Waals surface area (Å²) in [5.74, 6) is -0.00832. The van der Waals surface area contributed by atoms with Crippen LogP contribution in [0.2, 0.25) is 0 Å². The highest BCUT2D eigenvalue weighted by atomic mass is 79.9. The van der Waals surface area contributed by atoms with E-state index < -0.39 is 0 Å². The number of aryl methyl sites for hydroxylation is 1. The van der Waals surface area contributed by atoms with E-state index >= 15 is 0 Å². The summed E-state index contributed by atoms with van der Waals surface area (Å²) in [6.07, 6.45) is 4.47. The van der Waals surface area contributed by atoms with Crippen molar-refractivity contribution in [1.29, 1.82) is 0 Å². The minimum atomic E-state index is -0.00832. The lowest BCUT2D eigenvalue weighted by Gasteiger charge is -2.17. The van der Waals surface area contributed by atoms with Gasteiger partial charge in [0.15, 0.2) is 0 Å². The van der Waals surface area contributed by atoms with Gasteiger partial charge in [-0.15, -0.1) is 0 Å². The number of likely N-dealkylation sites (N-methyl/N-ethyl adjacent to an activating group) is 1. The van der Waals surface area contributed by atoms with E-state index in [4.69, 9.17) is 4.74 Å². The normalized spacial score (nSPS) is 14.6. The molecule has 0 atom stereocenters. The van der Waals surface area contributed by atoms with Gasteiger partial charge in [0, 0.05) is 36.7 Å². The van der Waals surface area contributed by atoms with Gasteiger partial charge >= 0.3 is 0 Å². The third-order valence-corrected chi connectivity index (χ3v) is 4.14. The fourth-order valence-corrected chi connectivity index (χ4v) is 2.63. The molecule has 1 aliphatic carbocycles. The van der Waals surface area contributed by atoms with Crippen LogP contribution in [-0.4, -0.2) is 46.7 Å². The van der Waals surface area contributed by atoms with Crippen molar-refractivity contribution in [2.75, 3.05) is 20.2 Å². The fourth-order valence-electron chi connectivity index (χ4n) is 2.29. The molecule has 0 N–H and O–H groups in total. The van der Waals surface area contributed by atoms with Gasteiger partial charge in [-0.05, 0) is 40.9 Å². The van der Waals surface area contributed by atoms with Crippen molar-refractivity contribution in [2.24, 2.45) is 7.05 Å². The van der Waals surface area contributed by atoms with Crippen molar-refractivity contribution in [1.82, 2.24) is 14.5 Å².